The monoisotopic (exact) mass is 222 g/mol. The molecule has 0 saturated heterocycles. The van der Waals surface area contributed by atoms with Crippen LogP contribution in [-0.4, -0.2) is 18.3 Å². The summed E-state index contributed by atoms with van der Waals surface area (Å²) in [5.41, 5.74) is 2.34. The lowest BCUT2D eigenvalue weighted by Crippen LogP contribution is -2.29. The van der Waals surface area contributed by atoms with Crippen LogP contribution in [0.4, 0.5) is 0 Å². The van der Waals surface area contributed by atoms with E-state index in [4.69, 9.17) is 4.74 Å². The van der Waals surface area contributed by atoms with E-state index >= 15 is 0 Å². The lowest BCUT2D eigenvalue weighted by atomic mass is 9.82. The molecule has 0 aliphatic heterocycles. The molecule has 1 aromatic carbocycles. The van der Waals surface area contributed by atoms with Crippen LogP contribution in [0.1, 0.15) is 31.9 Å². The molecule has 0 bridgehead atoms. The predicted octanol–water partition coefficient (Wildman–Crippen LogP) is 3.17. The SMILES string of the molecule is CC.CO[C@@H]1Cc2c(O)cccc2CC1C. The summed E-state index contributed by atoms with van der Waals surface area (Å²) < 4.78 is 5.40. The van der Waals surface area contributed by atoms with Gasteiger partial charge >= 0.3 is 0 Å². The van der Waals surface area contributed by atoms with Crippen LogP contribution < -0.4 is 0 Å². The van der Waals surface area contributed by atoms with E-state index in [9.17, 15) is 5.11 Å². The van der Waals surface area contributed by atoms with Gasteiger partial charge in [0, 0.05) is 13.5 Å². The van der Waals surface area contributed by atoms with Crippen LogP contribution in [0, 0.1) is 5.92 Å². The third-order valence-electron chi connectivity index (χ3n) is 3.13. The summed E-state index contributed by atoms with van der Waals surface area (Å²) >= 11 is 0. The Labute approximate surface area is 98.3 Å². The van der Waals surface area contributed by atoms with Crippen molar-refractivity contribution in [2.75, 3.05) is 7.11 Å². The Bertz CT molecular complexity index is 334. The standard InChI is InChI=1S/C12H16O2.C2H6/c1-8-6-9-4-3-5-11(13)10(9)7-12(8)14-2;1-2/h3-5,8,12-13H,6-7H2,1-2H3;1-2H3/t8?,12-;/m1./s1. The van der Waals surface area contributed by atoms with Crippen LogP contribution in [-0.2, 0) is 17.6 Å². The smallest absolute Gasteiger partial charge is 0.119 e. The first-order valence-electron chi connectivity index (χ1n) is 6.05. The second kappa shape index (κ2) is 5.90. The normalized spacial score (nSPS) is 23.0. The van der Waals surface area contributed by atoms with Gasteiger partial charge in [-0.05, 0) is 29.5 Å². The molecule has 0 heterocycles. The molecule has 0 aromatic heterocycles. The van der Waals surface area contributed by atoms with Crippen molar-refractivity contribution in [2.24, 2.45) is 5.92 Å². The average Bonchev–Trinajstić information content (AvgIpc) is 2.31. The molecule has 16 heavy (non-hydrogen) atoms. The minimum Gasteiger partial charge on any atom is -0.508 e. The number of hydrogen-bond donors (Lipinski definition) is 1. The van der Waals surface area contributed by atoms with Crippen molar-refractivity contribution in [3.63, 3.8) is 0 Å². The fraction of sp³-hybridized carbons (Fsp3) is 0.571. The lowest BCUT2D eigenvalue weighted by Gasteiger charge is -2.29. The van der Waals surface area contributed by atoms with E-state index in [1.165, 1.54) is 5.56 Å². The molecule has 1 aliphatic rings. The fourth-order valence-corrected chi connectivity index (χ4v) is 2.24. The summed E-state index contributed by atoms with van der Waals surface area (Å²) in [5, 5.41) is 9.70. The van der Waals surface area contributed by atoms with Gasteiger partial charge in [-0.25, -0.2) is 0 Å². The average molecular weight is 222 g/mol. The Hall–Kier alpha value is -1.02. The molecule has 0 radical (unpaired) electrons. The molecule has 0 spiro atoms. The predicted molar refractivity (Wildman–Crippen MR) is 66.8 cm³/mol. The van der Waals surface area contributed by atoms with E-state index in [1.54, 1.807) is 13.2 Å². The first-order valence-corrected chi connectivity index (χ1v) is 6.05. The second-order valence-electron chi connectivity index (χ2n) is 4.07. The largest absolute Gasteiger partial charge is 0.508 e. The van der Waals surface area contributed by atoms with Gasteiger partial charge in [0.25, 0.3) is 0 Å². The Morgan fingerprint density at radius 3 is 2.56 bits per heavy atom. The zero-order valence-corrected chi connectivity index (χ0v) is 10.7. The molecule has 1 unspecified atom stereocenters. The molecule has 1 N–H and O–H groups in total. The zero-order chi connectivity index (χ0) is 12.1. The highest BCUT2D eigenvalue weighted by molar-refractivity contribution is 5.41. The Balaban J connectivity index is 0.000000606. The number of fused-ring (bicyclic) bond motifs is 1. The molecule has 2 rings (SSSR count). The van der Waals surface area contributed by atoms with E-state index in [1.807, 2.05) is 19.9 Å². The number of rotatable bonds is 1. The maximum atomic E-state index is 9.70. The number of phenols is 1. The van der Waals surface area contributed by atoms with Crippen molar-refractivity contribution < 1.29 is 9.84 Å². The minimum absolute atomic E-state index is 0.246. The van der Waals surface area contributed by atoms with Crippen LogP contribution in [0.15, 0.2) is 18.2 Å². The lowest BCUT2D eigenvalue weighted by molar-refractivity contribution is 0.0526. The van der Waals surface area contributed by atoms with Crippen LogP contribution in [0.2, 0.25) is 0 Å². The number of ether oxygens (including phenoxy) is 1. The molecule has 2 nitrogen and oxygen atoms in total. The van der Waals surface area contributed by atoms with Gasteiger partial charge < -0.3 is 9.84 Å². The molecule has 0 saturated carbocycles. The van der Waals surface area contributed by atoms with Crippen molar-refractivity contribution in [3.05, 3.63) is 29.3 Å². The molecule has 2 heteroatoms. The number of methoxy groups -OCH3 is 1. The molecule has 1 aliphatic carbocycles. The highest BCUT2D eigenvalue weighted by Crippen LogP contribution is 2.32. The first-order chi connectivity index (χ1) is 7.72. The summed E-state index contributed by atoms with van der Waals surface area (Å²) in [6.45, 7) is 6.20. The second-order valence-corrected chi connectivity index (χ2v) is 4.07. The highest BCUT2D eigenvalue weighted by Gasteiger charge is 2.26. The fourth-order valence-electron chi connectivity index (χ4n) is 2.24. The van der Waals surface area contributed by atoms with E-state index in [0.29, 0.717) is 11.7 Å². The maximum Gasteiger partial charge on any atom is 0.119 e. The number of benzene rings is 1. The van der Waals surface area contributed by atoms with Gasteiger partial charge in [0.15, 0.2) is 0 Å². The summed E-state index contributed by atoms with van der Waals surface area (Å²) in [7, 11) is 1.74. The third-order valence-corrected chi connectivity index (χ3v) is 3.13. The van der Waals surface area contributed by atoms with Crippen molar-refractivity contribution in [2.45, 2.75) is 39.7 Å². The Kier molecular flexibility index (Phi) is 4.81. The first kappa shape index (κ1) is 13.0. The Morgan fingerprint density at radius 2 is 1.94 bits per heavy atom. The van der Waals surface area contributed by atoms with Gasteiger partial charge in [0.05, 0.1) is 6.10 Å². The number of aromatic hydroxyl groups is 1. The molecule has 0 fully saturated rings. The van der Waals surface area contributed by atoms with Gasteiger partial charge in [-0.15, -0.1) is 0 Å². The quantitative estimate of drug-likeness (QED) is 0.791. The van der Waals surface area contributed by atoms with E-state index in [-0.39, 0.29) is 6.10 Å². The summed E-state index contributed by atoms with van der Waals surface area (Å²) in [6.07, 6.45) is 2.08. The van der Waals surface area contributed by atoms with Crippen molar-refractivity contribution in [1.29, 1.82) is 0 Å². The molecule has 90 valence electrons. The minimum atomic E-state index is 0.246. The maximum absolute atomic E-state index is 9.70. The summed E-state index contributed by atoms with van der Waals surface area (Å²) in [4.78, 5) is 0. The van der Waals surface area contributed by atoms with Gasteiger partial charge in [0.1, 0.15) is 5.75 Å². The van der Waals surface area contributed by atoms with E-state index in [0.717, 1.165) is 18.4 Å². The molecule has 2 atom stereocenters. The Morgan fingerprint density at radius 1 is 1.25 bits per heavy atom. The van der Waals surface area contributed by atoms with Crippen molar-refractivity contribution in [3.8, 4) is 5.75 Å². The molecule has 1 aromatic rings. The zero-order valence-electron chi connectivity index (χ0n) is 10.7. The van der Waals surface area contributed by atoms with E-state index in [2.05, 4.69) is 13.0 Å². The topological polar surface area (TPSA) is 29.5 Å². The highest BCUT2D eigenvalue weighted by atomic mass is 16.5. The van der Waals surface area contributed by atoms with Gasteiger partial charge in [-0.1, -0.05) is 32.9 Å². The van der Waals surface area contributed by atoms with Crippen molar-refractivity contribution >= 4 is 0 Å². The van der Waals surface area contributed by atoms with Gasteiger partial charge in [-0.3, -0.25) is 0 Å². The molecular formula is C14H22O2. The van der Waals surface area contributed by atoms with Gasteiger partial charge in [-0.2, -0.15) is 0 Å². The van der Waals surface area contributed by atoms with Crippen LogP contribution >= 0.6 is 0 Å². The molecule has 0 amide bonds. The summed E-state index contributed by atoms with van der Waals surface area (Å²) in [6, 6.07) is 5.76. The number of hydrogen-bond acceptors (Lipinski definition) is 2. The summed E-state index contributed by atoms with van der Waals surface area (Å²) in [5.74, 6) is 0.950. The van der Waals surface area contributed by atoms with Crippen molar-refractivity contribution in [1.82, 2.24) is 0 Å². The van der Waals surface area contributed by atoms with Crippen LogP contribution in [0.5, 0.6) is 5.75 Å². The molecular weight excluding hydrogens is 200 g/mol. The van der Waals surface area contributed by atoms with Crippen LogP contribution in [0.3, 0.4) is 0 Å². The third kappa shape index (κ3) is 2.56. The van der Waals surface area contributed by atoms with Gasteiger partial charge in [0.2, 0.25) is 0 Å². The van der Waals surface area contributed by atoms with Crippen LogP contribution in [0.25, 0.3) is 0 Å². The van der Waals surface area contributed by atoms with E-state index < -0.39 is 0 Å². The number of phenolic OH excluding ortho intramolecular Hbond substituents is 1.